The van der Waals surface area contributed by atoms with Crippen molar-refractivity contribution in [1.82, 2.24) is 5.32 Å². The predicted molar refractivity (Wildman–Crippen MR) is 66.9 cm³/mol. The van der Waals surface area contributed by atoms with Gasteiger partial charge in [-0.05, 0) is 24.1 Å². The molecule has 2 N–H and O–H groups in total. The lowest BCUT2D eigenvalue weighted by Crippen LogP contribution is -2.33. The number of hydrogen-bond donors (Lipinski definition) is 2. The van der Waals surface area contributed by atoms with E-state index < -0.39 is 0 Å². The minimum atomic E-state index is -0.0879. The number of aliphatic hydroxyl groups excluding tert-OH is 1. The number of nitriles is 1. The number of carbonyl (C=O) groups excluding carboxylic acids is 1. The van der Waals surface area contributed by atoms with E-state index in [9.17, 15) is 4.79 Å². The van der Waals surface area contributed by atoms with Crippen LogP contribution in [0.25, 0.3) is 0 Å². The molecule has 1 amide bonds. The maximum atomic E-state index is 11.5. The van der Waals surface area contributed by atoms with Crippen molar-refractivity contribution in [1.29, 1.82) is 5.26 Å². The summed E-state index contributed by atoms with van der Waals surface area (Å²) in [5, 5.41) is 21.0. The molecule has 0 atom stereocenters. The van der Waals surface area contributed by atoms with Gasteiger partial charge in [0.1, 0.15) is 6.07 Å². The largest absolute Gasteiger partial charge is 0.392 e. The zero-order valence-corrected chi connectivity index (χ0v) is 10.0. The minimum absolute atomic E-state index is 0.0253. The van der Waals surface area contributed by atoms with Crippen LogP contribution >= 0.6 is 0 Å². The van der Waals surface area contributed by atoms with Gasteiger partial charge in [0, 0.05) is 13.1 Å². The SMILES string of the molecule is N#Cc1cc(CO)ccc1N1CCCNC(=O)C1. The molecule has 1 aliphatic rings. The van der Waals surface area contributed by atoms with E-state index in [0.29, 0.717) is 17.7 Å². The van der Waals surface area contributed by atoms with Crippen molar-refractivity contribution < 1.29 is 9.90 Å². The molecule has 5 nitrogen and oxygen atoms in total. The summed E-state index contributed by atoms with van der Waals surface area (Å²) >= 11 is 0. The highest BCUT2D eigenvalue weighted by Gasteiger charge is 2.17. The van der Waals surface area contributed by atoms with Gasteiger partial charge in [0.15, 0.2) is 0 Å². The Hall–Kier alpha value is -2.06. The lowest BCUT2D eigenvalue weighted by molar-refractivity contribution is -0.119. The molecule has 0 spiro atoms. The second kappa shape index (κ2) is 5.52. The predicted octanol–water partition coefficient (Wildman–Crippen LogP) is 0.377. The van der Waals surface area contributed by atoms with Crippen molar-refractivity contribution >= 4 is 11.6 Å². The first-order chi connectivity index (χ1) is 8.74. The van der Waals surface area contributed by atoms with E-state index in [1.54, 1.807) is 18.2 Å². The molecule has 5 heteroatoms. The van der Waals surface area contributed by atoms with Crippen LogP contribution in [0.15, 0.2) is 18.2 Å². The fraction of sp³-hybridized carbons (Fsp3) is 0.385. The standard InChI is InChI=1S/C13H15N3O2/c14-7-11-6-10(9-17)2-3-12(11)16-5-1-4-15-13(18)8-16/h2-3,6,17H,1,4-5,8-9H2,(H,15,18). The molecule has 1 aromatic carbocycles. The van der Waals surface area contributed by atoms with Crippen molar-refractivity contribution in [2.24, 2.45) is 0 Å². The topological polar surface area (TPSA) is 76.4 Å². The average Bonchev–Trinajstić information content (AvgIpc) is 2.62. The van der Waals surface area contributed by atoms with Crippen LogP contribution in [0.4, 0.5) is 5.69 Å². The number of anilines is 1. The van der Waals surface area contributed by atoms with Gasteiger partial charge in [-0.15, -0.1) is 0 Å². The van der Waals surface area contributed by atoms with Crippen molar-refractivity contribution in [3.63, 3.8) is 0 Å². The molecule has 1 fully saturated rings. The van der Waals surface area contributed by atoms with Gasteiger partial charge in [-0.25, -0.2) is 0 Å². The van der Waals surface area contributed by atoms with Crippen LogP contribution in [-0.2, 0) is 11.4 Å². The van der Waals surface area contributed by atoms with Gasteiger partial charge in [-0.1, -0.05) is 6.07 Å². The Bertz CT molecular complexity index is 493. The van der Waals surface area contributed by atoms with Crippen LogP contribution in [0.3, 0.4) is 0 Å². The molecule has 0 radical (unpaired) electrons. The molecule has 1 aromatic rings. The summed E-state index contributed by atoms with van der Waals surface area (Å²) in [6.07, 6.45) is 0.859. The van der Waals surface area contributed by atoms with Gasteiger partial charge in [0.05, 0.1) is 24.4 Å². The van der Waals surface area contributed by atoms with Crippen molar-refractivity contribution in [3.05, 3.63) is 29.3 Å². The Morgan fingerprint density at radius 2 is 2.33 bits per heavy atom. The second-order valence-corrected chi connectivity index (χ2v) is 4.25. The second-order valence-electron chi connectivity index (χ2n) is 4.25. The quantitative estimate of drug-likeness (QED) is 0.789. The average molecular weight is 245 g/mol. The zero-order chi connectivity index (χ0) is 13.0. The molecule has 2 rings (SSSR count). The number of amides is 1. The number of nitrogens with one attached hydrogen (secondary N) is 1. The molecule has 0 aromatic heterocycles. The first-order valence-electron chi connectivity index (χ1n) is 5.90. The normalized spacial score (nSPS) is 15.8. The van der Waals surface area contributed by atoms with E-state index in [2.05, 4.69) is 11.4 Å². The first-order valence-corrected chi connectivity index (χ1v) is 5.90. The third-order valence-corrected chi connectivity index (χ3v) is 2.97. The van der Waals surface area contributed by atoms with Gasteiger partial charge in [-0.3, -0.25) is 4.79 Å². The number of nitrogens with zero attached hydrogens (tertiary/aromatic N) is 2. The number of rotatable bonds is 2. The number of hydrogen-bond acceptors (Lipinski definition) is 4. The third kappa shape index (κ3) is 2.60. The smallest absolute Gasteiger partial charge is 0.239 e. The van der Waals surface area contributed by atoms with Crippen LogP contribution in [0.5, 0.6) is 0 Å². The van der Waals surface area contributed by atoms with E-state index in [4.69, 9.17) is 10.4 Å². The van der Waals surface area contributed by atoms with Gasteiger partial charge >= 0.3 is 0 Å². The molecule has 0 unspecified atom stereocenters. The summed E-state index contributed by atoms with van der Waals surface area (Å²) in [4.78, 5) is 13.4. The molecule has 0 saturated carbocycles. The van der Waals surface area contributed by atoms with Gasteiger partial charge in [0.2, 0.25) is 5.91 Å². The van der Waals surface area contributed by atoms with Gasteiger partial charge < -0.3 is 15.3 Å². The maximum absolute atomic E-state index is 11.5. The lowest BCUT2D eigenvalue weighted by Gasteiger charge is -2.22. The Morgan fingerprint density at radius 3 is 3.06 bits per heavy atom. The number of carbonyl (C=O) groups is 1. The molecular weight excluding hydrogens is 230 g/mol. The minimum Gasteiger partial charge on any atom is -0.392 e. The van der Waals surface area contributed by atoms with E-state index in [1.807, 2.05) is 4.90 Å². The van der Waals surface area contributed by atoms with E-state index in [0.717, 1.165) is 18.7 Å². The van der Waals surface area contributed by atoms with Crippen LogP contribution in [0.2, 0.25) is 0 Å². The highest BCUT2D eigenvalue weighted by atomic mass is 16.3. The third-order valence-electron chi connectivity index (χ3n) is 2.97. The van der Waals surface area contributed by atoms with E-state index >= 15 is 0 Å². The van der Waals surface area contributed by atoms with Crippen LogP contribution in [0, 0.1) is 11.3 Å². The summed E-state index contributed by atoms with van der Waals surface area (Å²) in [6.45, 7) is 1.60. The molecule has 0 bridgehead atoms. The molecular formula is C13H15N3O2. The number of aliphatic hydroxyl groups is 1. The van der Waals surface area contributed by atoms with Crippen LogP contribution < -0.4 is 10.2 Å². The first kappa shape index (κ1) is 12.4. The van der Waals surface area contributed by atoms with Crippen molar-refractivity contribution in [2.45, 2.75) is 13.0 Å². The van der Waals surface area contributed by atoms with E-state index in [-0.39, 0.29) is 19.1 Å². The molecule has 1 saturated heterocycles. The summed E-state index contributed by atoms with van der Waals surface area (Å²) in [7, 11) is 0. The maximum Gasteiger partial charge on any atom is 0.239 e. The van der Waals surface area contributed by atoms with Crippen LogP contribution in [-0.4, -0.2) is 30.6 Å². The fourth-order valence-electron chi connectivity index (χ4n) is 2.06. The Kier molecular flexibility index (Phi) is 3.80. The number of benzene rings is 1. The lowest BCUT2D eigenvalue weighted by atomic mass is 10.1. The Morgan fingerprint density at radius 1 is 1.50 bits per heavy atom. The molecule has 1 aliphatic heterocycles. The van der Waals surface area contributed by atoms with Crippen molar-refractivity contribution in [2.75, 3.05) is 24.5 Å². The van der Waals surface area contributed by atoms with Gasteiger partial charge in [-0.2, -0.15) is 5.26 Å². The summed E-state index contributed by atoms with van der Waals surface area (Å²) in [5.74, 6) is -0.0253. The molecule has 1 heterocycles. The summed E-state index contributed by atoms with van der Waals surface area (Å²) in [6, 6.07) is 7.35. The highest BCUT2D eigenvalue weighted by Crippen LogP contribution is 2.22. The monoisotopic (exact) mass is 245 g/mol. The molecule has 94 valence electrons. The van der Waals surface area contributed by atoms with Crippen molar-refractivity contribution in [3.8, 4) is 6.07 Å². The summed E-state index contributed by atoms with van der Waals surface area (Å²) < 4.78 is 0. The van der Waals surface area contributed by atoms with Crippen LogP contribution in [0.1, 0.15) is 17.5 Å². The Labute approximate surface area is 106 Å². The molecule has 0 aliphatic carbocycles. The summed E-state index contributed by atoms with van der Waals surface area (Å²) in [5.41, 5.74) is 1.96. The van der Waals surface area contributed by atoms with E-state index in [1.165, 1.54) is 0 Å². The molecule has 18 heavy (non-hydrogen) atoms. The Balaban J connectivity index is 2.31. The fourth-order valence-corrected chi connectivity index (χ4v) is 2.06. The highest BCUT2D eigenvalue weighted by molar-refractivity contribution is 5.82. The zero-order valence-electron chi connectivity index (χ0n) is 10.0. The van der Waals surface area contributed by atoms with Gasteiger partial charge in [0.25, 0.3) is 0 Å².